The fourth-order valence-corrected chi connectivity index (χ4v) is 3.07. The van der Waals surface area contributed by atoms with Gasteiger partial charge in [0.2, 0.25) is 0 Å². The zero-order valence-electron chi connectivity index (χ0n) is 12.7. The van der Waals surface area contributed by atoms with Gasteiger partial charge >= 0.3 is 0 Å². The Labute approximate surface area is 133 Å². The number of aryl methyl sites for hydroxylation is 2. The fourth-order valence-electron chi connectivity index (χ4n) is 3.07. The van der Waals surface area contributed by atoms with E-state index in [1.807, 2.05) is 6.07 Å². The summed E-state index contributed by atoms with van der Waals surface area (Å²) in [5.41, 5.74) is 2.88. The Morgan fingerprint density at radius 2 is 2.22 bits per heavy atom. The van der Waals surface area contributed by atoms with Gasteiger partial charge in [-0.3, -0.25) is 0 Å². The third-order valence-electron chi connectivity index (χ3n) is 4.14. The highest BCUT2D eigenvalue weighted by molar-refractivity contribution is 6.02. The fraction of sp³-hybridized carbons (Fsp3) is 0.375. The molecule has 23 heavy (non-hydrogen) atoms. The van der Waals surface area contributed by atoms with Gasteiger partial charge in [-0.1, -0.05) is 12.1 Å². The topological polar surface area (TPSA) is 88.8 Å². The SMILES string of the molecule is OCCCn1ncnc1-c1nnc2c3c(cccc13)NCCC2. The zero-order chi connectivity index (χ0) is 15.6. The maximum atomic E-state index is 9.04. The first-order valence-electron chi connectivity index (χ1n) is 7.89. The first-order valence-corrected chi connectivity index (χ1v) is 7.89. The third-order valence-corrected chi connectivity index (χ3v) is 4.14. The molecule has 0 atom stereocenters. The maximum absolute atomic E-state index is 9.04. The van der Waals surface area contributed by atoms with E-state index in [9.17, 15) is 0 Å². The second-order valence-electron chi connectivity index (χ2n) is 5.64. The van der Waals surface area contributed by atoms with Crippen molar-refractivity contribution < 1.29 is 5.11 Å². The Morgan fingerprint density at radius 1 is 1.26 bits per heavy atom. The van der Waals surface area contributed by atoms with Gasteiger partial charge in [-0.25, -0.2) is 9.67 Å². The van der Waals surface area contributed by atoms with E-state index in [0.717, 1.165) is 47.2 Å². The minimum absolute atomic E-state index is 0.124. The van der Waals surface area contributed by atoms with Gasteiger partial charge in [0.15, 0.2) is 5.82 Å². The zero-order valence-corrected chi connectivity index (χ0v) is 12.7. The van der Waals surface area contributed by atoms with Gasteiger partial charge in [-0.05, 0) is 25.3 Å². The predicted octanol–water partition coefficient (Wildman–Crippen LogP) is 1.63. The number of hydrogen-bond acceptors (Lipinski definition) is 6. The van der Waals surface area contributed by atoms with Crippen molar-refractivity contribution in [2.45, 2.75) is 25.8 Å². The van der Waals surface area contributed by atoms with Crippen LogP contribution in [0, 0.1) is 0 Å². The highest BCUT2D eigenvalue weighted by Gasteiger charge is 2.19. The number of nitrogens with zero attached hydrogens (tertiary/aromatic N) is 5. The molecular formula is C16H18N6O. The molecule has 2 N–H and O–H groups in total. The number of nitrogens with one attached hydrogen (secondary N) is 1. The normalized spacial score (nSPS) is 13.8. The summed E-state index contributed by atoms with van der Waals surface area (Å²) in [6.07, 6.45) is 4.12. The van der Waals surface area contributed by atoms with Crippen LogP contribution in [0.15, 0.2) is 24.5 Å². The van der Waals surface area contributed by atoms with Crippen LogP contribution in [0.25, 0.3) is 22.3 Å². The van der Waals surface area contributed by atoms with Crippen molar-refractivity contribution in [3.05, 3.63) is 30.2 Å². The molecule has 0 saturated carbocycles. The average molecular weight is 310 g/mol. The van der Waals surface area contributed by atoms with Gasteiger partial charge in [0.25, 0.3) is 0 Å². The summed E-state index contributed by atoms with van der Waals surface area (Å²) in [7, 11) is 0. The Hall–Kier alpha value is -2.54. The van der Waals surface area contributed by atoms with Gasteiger partial charge < -0.3 is 10.4 Å². The van der Waals surface area contributed by atoms with E-state index in [4.69, 9.17) is 5.11 Å². The molecule has 0 spiro atoms. The molecule has 1 aliphatic heterocycles. The molecule has 118 valence electrons. The van der Waals surface area contributed by atoms with E-state index in [2.05, 4.69) is 37.7 Å². The summed E-state index contributed by atoms with van der Waals surface area (Å²) in [5, 5.41) is 27.8. The standard InChI is InChI=1S/C16H18N6O/c23-9-3-8-22-16(18-10-19-22)15-11-4-1-5-12-14(11)13(20-21-15)6-2-7-17-12/h1,4-5,10,17,23H,2-3,6-9H2. The maximum Gasteiger partial charge on any atom is 0.179 e. The van der Waals surface area contributed by atoms with Crippen LogP contribution < -0.4 is 5.32 Å². The Morgan fingerprint density at radius 3 is 3.13 bits per heavy atom. The summed E-state index contributed by atoms with van der Waals surface area (Å²) in [6.45, 7) is 1.67. The number of benzene rings is 1. The first-order chi connectivity index (χ1) is 11.4. The lowest BCUT2D eigenvalue weighted by molar-refractivity contribution is 0.277. The summed E-state index contributed by atoms with van der Waals surface area (Å²) < 4.78 is 1.78. The van der Waals surface area contributed by atoms with E-state index in [0.29, 0.717) is 18.8 Å². The summed E-state index contributed by atoms with van der Waals surface area (Å²) in [5.74, 6) is 0.693. The molecule has 0 bridgehead atoms. The molecule has 3 heterocycles. The molecule has 7 nitrogen and oxygen atoms in total. The molecule has 0 saturated heterocycles. The molecular weight excluding hydrogens is 292 g/mol. The monoisotopic (exact) mass is 310 g/mol. The number of aliphatic hydroxyl groups excluding tert-OH is 1. The van der Waals surface area contributed by atoms with Crippen LogP contribution in [-0.4, -0.2) is 43.2 Å². The van der Waals surface area contributed by atoms with Crippen molar-refractivity contribution in [2.75, 3.05) is 18.5 Å². The molecule has 0 unspecified atom stereocenters. The van der Waals surface area contributed by atoms with E-state index < -0.39 is 0 Å². The van der Waals surface area contributed by atoms with E-state index in [-0.39, 0.29) is 6.61 Å². The number of anilines is 1. The lowest BCUT2D eigenvalue weighted by Crippen LogP contribution is -2.07. The van der Waals surface area contributed by atoms with Gasteiger partial charge in [0.1, 0.15) is 12.0 Å². The average Bonchev–Trinajstić information content (AvgIpc) is 2.94. The summed E-state index contributed by atoms with van der Waals surface area (Å²) >= 11 is 0. The predicted molar refractivity (Wildman–Crippen MR) is 87.1 cm³/mol. The van der Waals surface area contributed by atoms with Crippen LogP contribution in [0.3, 0.4) is 0 Å². The second kappa shape index (κ2) is 5.92. The highest BCUT2D eigenvalue weighted by atomic mass is 16.3. The van der Waals surface area contributed by atoms with Gasteiger partial charge in [0, 0.05) is 36.2 Å². The molecule has 0 amide bonds. The van der Waals surface area contributed by atoms with Crippen LogP contribution in [-0.2, 0) is 13.0 Å². The Balaban J connectivity index is 1.91. The van der Waals surface area contributed by atoms with Crippen molar-refractivity contribution in [2.24, 2.45) is 0 Å². The number of aliphatic hydroxyl groups is 1. The first kappa shape index (κ1) is 14.1. The second-order valence-corrected chi connectivity index (χ2v) is 5.64. The minimum atomic E-state index is 0.124. The highest BCUT2D eigenvalue weighted by Crippen LogP contribution is 2.33. The smallest absolute Gasteiger partial charge is 0.179 e. The number of rotatable bonds is 4. The summed E-state index contributed by atoms with van der Waals surface area (Å²) in [4.78, 5) is 4.36. The minimum Gasteiger partial charge on any atom is -0.396 e. The lowest BCUT2D eigenvalue weighted by atomic mass is 10.0. The number of hydrogen-bond donors (Lipinski definition) is 2. The molecule has 0 radical (unpaired) electrons. The van der Waals surface area contributed by atoms with Gasteiger partial charge in [-0.15, -0.1) is 5.10 Å². The van der Waals surface area contributed by atoms with E-state index in [1.165, 1.54) is 6.33 Å². The quantitative estimate of drug-likeness (QED) is 0.761. The largest absolute Gasteiger partial charge is 0.396 e. The Kier molecular flexibility index (Phi) is 3.63. The van der Waals surface area contributed by atoms with Crippen LogP contribution >= 0.6 is 0 Å². The third kappa shape index (κ3) is 2.43. The molecule has 1 aromatic carbocycles. The molecule has 3 aromatic rings. The molecule has 2 aromatic heterocycles. The van der Waals surface area contributed by atoms with Crippen molar-refractivity contribution >= 4 is 16.5 Å². The molecule has 7 heteroatoms. The molecule has 1 aliphatic rings. The van der Waals surface area contributed by atoms with Crippen LogP contribution in [0.2, 0.25) is 0 Å². The van der Waals surface area contributed by atoms with Crippen molar-refractivity contribution in [1.29, 1.82) is 0 Å². The van der Waals surface area contributed by atoms with Gasteiger partial charge in [-0.2, -0.15) is 10.2 Å². The molecule has 4 rings (SSSR count). The van der Waals surface area contributed by atoms with Crippen molar-refractivity contribution in [3.63, 3.8) is 0 Å². The summed E-state index contributed by atoms with van der Waals surface area (Å²) in [6, 6.07) is 6.17. The number of aromatic nitrogens is 5. The van der Waals surface area contributed by atoms with E-state index >= 15 is 0 Å². The van der Waals surface area contributed by atoms with Crippen LogP contribution in [0.1, 0.15) is 18.5 Å². The van der Waals surface area contributed by atoms with Crippen LogP contribution in [0.4, 0.5) is 5.69 Å². The van der Waals surface area contributed by atoms with Crippen molar-refractivity contribution in [1.82, 2.24) is 25.0 Å². The lowest BCUT2D eigenvalue weighted by Gasteiger charge is -2.11. The van der Waals surface area contributed by atoms with Crippen LogP contribution in [0.5, 0.6) is 0 Å². The van der Waals surface area contributed by atoms with Gasteiger partial charge in [0.05, 0.1) is 5.69 Å². The van der Waals surface area contributed by atoms with E-state index in [1.54, 1.807) is 4.68 Å². The Bertz CT molecular complexity index is 831. The molecule has 0 fully saturated rings. The molecule has 0 aliphatic carbocycles. The van der Waals surface area contributed by atoms with Crippen molar-refractivity contribution in [3.8, 4) is 11.5 Å².